The van der Waals surface area contributed by atoms with Gasteiger partial charge in [0.15, 0.2) is 0 Å². The fraction of sp³-hybridized carbons (Fsp3) is 0.917. The zero-order chi connectivity index (χ0) is 12.7. The van der Waals surface area contributed by atoms with Gasteiger partial charge in [-0.1, -0.05) is 0 Å². The highest BCUT2D eigenvalue weighted by atomic mass is 16.5. The maximum absolute atomic E-state index is 11.1. The van der Waals surface area contributed by atoms with E-state index >= 15 is 0 Å². The molecular formula is C12H22N2O3. The highest BCUT2D eigenvalue weighted by Crippen LogP contribution is 2.33. The van der Waals surface area contributed by atoms with Crippen molar-refractivity contribution in [2.45, 2.75) is 50.3 Å². The number of rotatable bonds is 2. The molecule has 5 nitrogen and oxygen atoms in total. The molecule has 98 valence electrons. The molecule has 2 atom stereocenters. The maximum Gasteiger partial charge on any atom is 0.323 e. The van der Waals surface area contributed by atoms with Crippen LogP contribution in [-0.4, -0.2) is 52.9 Å². The van der Waals surface area contributed by atoms with Crippen LogP contribution in [0, 0.1) is 0 Å². The standard InChI is InChI=1S/C12H22N2O3/c1-11(2)8-14(5-6-17-11)9-3-4-12(13,7-9)10(15)16/h9H,3-8,13H2,1-2H3,(H,15,16). The van der Waals surface area contributed by atoms with E-state index in [1.54, 1.807) is 0 Å². The van der Waals surface area contributed by atoms with E-state index in [1.165, 1.54) is 0 Å². The highest BCUT2D eigenvalue weighted by molar-refractivity contribution is 5.79. The zero-order valence-electron chi connectivity index (χ0n) is 10.6. The van der Waals surface area contributed by atoms with Gasteiger partial charge in [-0.25, -0.2) is 0 Å². The summed E-state index contributed by atoms with van der Waals surface area (Å²) in [6.07, 6.45) is 2.00. The van der Waals surface area contributed by atoms with E-state index in [2.05, 4.69) is 18.7 Å². The van der Waals surface area contributed by atoms with Crippen molar-refractivity contribution in [2.24, 2.45) is 5.73 Å². The lowest BCUT2D eigenvalue weighted by molar-refractivity contribution is -0.143. The van der Waals surface area contributed by atoms with Gasteiger partial charge in [-0.15, -0.1) is 0 Å². The normalized spacial score (nSPS) is 38.2. The second kappa shape index (κ2) is 4.23. The minimum absolute atomic E-state index is 0.138. The first-order valence-corrected chi connectivity index (χ1v) is 6.23. The van der Waals surface area contributed by atoms with Crippen molar-refractivity contribution in [2.75, 3.05) is 19.7 Å². The number of morpholine rings is 1. The highest BCUT2D eigenvalue weighted by Gasteiger charge is 2.45. The third kappa shape index (κ3) is 2.61. The molecule has 0 aromatic carbocycles. The summed E-state index contributed by atoms with van der Waals surface area (Å²) in [6.45, 7) is 6.59. The van der Waals surface area contributed by atoms with E-state index in [4.69, 9.17) is 15.6 Å². The summed E-state index contributed by atoms with van der Waals surface area (Å²) in [5.74, 6) is -0.868. The topological polar surface area (TPSA) is 75.8 Å². The first-order chi connectivity index (χ1) is 7.82. The SMILES string of the molecule is CC1(C)CN(C2CCC(N)(C(=O)O)C2)CCO1. The van der Waals surface area contributed by atoms with Crippen LogP contribution in [0.25, 0.3) is 0 Å². The molecule has 0 aromatic heterocycles. The molecule has 2 rings (SSSR count). The summed E-state index contributed by atoms with van der Waals surface area (Å²) in [7, 11) is 0. The van der Waals surface area contributed by atoms with Crippen LogP contribution in [0.3, 0.4) is 0 Å². The number of nitrogens with two attached hydrogens (primary N) is 1. The fourth-order valence-electron chi connectivity index (χ4n) is 2.92. The lowest BCUT2D eigenvalue weighted by atomic mass is 9.98. The monoisotopic (exact) mass is 242 g/mol. The number of ether oxygens (including phenoxy) is 1. The Morgan fingerprint density at radius 2 is 2.24 bits per heavy atom. The molecule has 0 spiro atoms. The zero-order valence-corrected chi connectivity index (χ0v) is 10.6. The molecule has 0 bridgehead atoms. The van der Waals surface area contributed by atoms with Crippen molar-refractivity contribution in [1.29, 1.82) is 0 Å². The predicted molar refractivity (Wildman–Crippen MR) is 63.8 cm³/mol. The fourth-order valence-corrected chi connectivity index (χ4v) is 2.92. The van der Waals surface area contributed by atoms with Gasteiger partial charge >= 0.3 is 5.97 Å². The summed E-state index contributed by atoms with van der Waals surface area (Å²) in [4.78, 5) is 13.4. The van der Waals surface area contributed by atoms with E-state index in [1.807, 2.05) is 0 Å². The van der Waals surface area contributed by atoms with Gasteiger partial charge in [0.1, 0.15) is 5.54 Å². The van der Waals surface area contributed by atoms with Crippen LogP contribution in [-0.2, 0) is 9.53 Å². The van der Waals surface area contributed by atoms with E-state index < -0.39 is 11.5 Å². The van der Waals surface area contributed by atoms with Crippen LogP contribution in [0.2, 0.25) is 0 Å². The second-order valence-electron chi connectivity index (χ2n) is 5.94. The Morgan fingerprint density at radius 1 is 1.53 bits per heavy atom. The molecule has 5 heteroatoms. The van der Waals surface area contributed by atoms with Crippen molar-refractivity contribution in [1.82, 2.24) is 4.90 Å². The van der Waals surface area contributed by atoms with Crippen molar-refractivity contribution >= 4 is 5.97 Å². The molecule has 17 heavy (non-hydrogen) atoms. The molecule has 1 saturated carbocycles. The van der Waals surface area contributed by atoms with E-state index in [-0.39, 0.29) is 5.60 Å². The minimum atomic E-state index is -1.02. The summed E-state index contributed by atoms with van der Waals surface area (Å²) in [5.41, 5.74) is 4.75. The summed E-state index contributed by atoms with van der Waals surface area (Å²) in [5, 5.41) is 9.12. The molecule has 0 amide bonds. The first-order valence-electron chi connectivity index (χ1n) is 6.23. The Bertz CT molecular complexity index is 319. The molecular weight excluding hydrogens is 220 g/mol. The van der Waals surface area contributed by atoms with Crippen LogP contribution in [0.4, 0.5) is 0 Å². The van der Waals surface area contributed by atoms with Gasteiger partial charge in [0, 0.05) is 19.1 Å². The van der Waals surface area contributed by atoms with Crippen LogP contribution in [0.5, 0.6) is 0 Å². The number of carboxylic acids is 1. The van der Waals surface area contributed by atoms with Crippen molar-refractivity contribution < 1.29 is 14.6 Å². The lowest BCUT2D eigenvalue weighted by Crippen LogP contribution is -2.53. The second-order valence-corrected chi connectivity index (χ2v) is 5.94. The maximum atomic E-state index is 11.1. The first kappa shape index (κ1) is 12.8. The van der Waals surface area contributed by atoms with Crippen LogP contribution < -0.4 is 5.73 Å². The third-order valence-corrected chi connectivity index (χ3v) is 3.92. The van der Waals surface area contributed by atoms with Crippen LogP contribution in [0.1, 0.15) is 33.1 Å². The van der Waals surface area contributed by atoms with Crippen LogP contribution >= 0.6 is 0 Å². The Labute approximate surface area is 102 Å². The average Bonchev–Trinajstić information content (AvgIpc) is 2.61. The average molecular weight is 242 g/mol. The van der Waals surface area contributed by atoms with Gasteiger partial charge in [0.05, 0.1) is 12.2 Å². The number of aliphatic carboxylic acids is 1. The predicted octanol–water partition coefficient (Wildman–Crippen LogP) is 0.432. The molecule has 1 saturated heterocycles. The molecule has 2 aliphatic rings. The number of carbonyl (C=O) groups is 1. The van der Waals surface area contributed by atoms with Crippen molar-refractivity contribution in [3.05, 3.63) is 0 Å². The van der Waals surface area contributed by atoms with Gasteiger partial charge in [0.2, 0.25) is 0 Å². The summed E-state index contributed by atoms with van der Waals surface area (Å²) >= 11 is 0. The number of hydrogen-bond acceptors (Lipinski definition) is 4. The summed E-state index contributed by atoms with van der Waals surface area (Å²) < 4.78 is 5.67. The van der Waals surface area contributed by atoms with Crippen LogP contribution in [0.15, 0.2) is 0 Å². The van der Waals surface area contributed by atoms with Crippen molar-refractivity contribution in [3.8, 4) is 0 Å². The molecule has 0 radical (unpaired) electrons. The van der Waals surface area contributed by atoms with Gasteiger partial charge in [-0.05, 0) is 33.1 Å². The largest absolute Gasteiger partial charge is 0.480 e. The molecule has 3 N–H and O–H groups in total. The Balaban J connectivity index is 1.99. The third-order valence-electron chi connectivity index (χ3n) is 3.92. The Morgan fingerprint density at radius 3 is 2.76 bits per heavy atom. The van der Waals surface area contributed by atoms with E-state index in [9.17, 15) is 4.79 Å². The molecule has 2 unspecified atom stereocenters. The molecule has 1 aliphatic carbocycles. The van der Waals surface area contributed by atoms with Gasteiger partial charge < -0.3 is 15.6 Å². The molecule has 0 aromatic rings. The van der Waals surface area contributed by atoms with E-state index in [0.29, 0.717) is 25.5 Å². The van der Waals surface area contributed by atoms with E-state index in [0.717, 1.165) is 19.5 Å². The Hall–Kier alpha value is -0.650. The number of carboxylic acid groups (broad SMARTS) is 1. The number of hydrogen-bond donors (Lipinski definition) is 2. The number of nitrogens with zero attached hydrogens (tertiary/aromatic N) is 1. The molecule has 2 fully saturated rings. The van der Waals surface area contributed by atoms with Gasteiger partial charge in [0.25, 0.3) is 0 Å². The molecule has 1 heterocycles. The summed E-state index contributed by atoms with van der Waals surface area (Å²) in [6, 6.07) is 0.291. The smallest absolute Gasteiger partial charge is 0.323 e. The molecule has 1 aliphatic heterocycles. The minimum Gasteiger partial charge on any atom is -0.480 e. The van der Waals surface area contributed by atoms with Gasteiger partial charge in [-0.3, -0.25) is 9.69 Å². The van der Waals surface area contributed by atoms with Crippen molar-refractivity contribution in [3.63, 3.8) is 0 Å². The Kier molecular flexibility index (Phi) is 3.18. The quantitative estimate of drug-likeness (QED) is 0.734. The van der Waals surface area contributed by atoms with Gasteiger partial charge in [-0.2, -0.15) is 0 Å². The lowest BCUT2D eigenvalue weighted by Gasteiger charge is -2.41.